The van der Waals surface area contributed by atoms with Crippen LogP contribution in [0.2, 0.25) is 0 Å². The predicted octanol–water partition coefficient (Wildman–Crippen LogP) is 1.70. The van der Waals surface area contributed by atoms with E-state index >= 15 is 0 Å². The van der Waals surface area contributed by atoms with E-state index in [1.807, 2.05) is 0 Å². The SMILES string of the molecule is C[C@@H]1CON(c2cccc(C(F)(F)F)n2)CCN1C=O. The minimum absolute atomic E-state index is 0.0831. The van der Waals surface area contributed by atoms with Gasteiger partial charge in [0.05, 0.1) is 19.2 Å². The van der Waals surface area contributed by atoms with Crippen LogP contribution >= 0.6 is 0 Å². The van der Waals surface area contributed by atoms with Crippen molar-refractivity contribution < 1.29 is 22.8 Å². The minimum Gasteiger partial charge on any atom is -0.338 e. The van der Waals surface area contributed by atoms with Crippen molar-refractivity contribution in [2.24, 2.45) is 0 Å². The molecule has 0 N–H and O–H groups in total. The second kappa shape index (κ2) is 5.66. The molecule has 2 rings (SSSR count). The maximum absolute atomic E-state index is 12.6. The molecule has 1 aromatic heterocycles. The van der Waals surface area contributed by atoms with Crippen molar-refractivity contribution in [1.29, 1.82) is 0 Å². The van der Waals surface area contributed by atoms with Crippen molar-refractivity contribution >= 4 is 12.2 Å². The van der Waals surface area contributed by atoms with Gasteiger partial charge in [-0.25, -0.2) is 10.0 Å². The highest BCUT2D eigenvalue weighted by molar-refractivity contribution is 5.48. The molecule has 20 heavy (non-hydrogen) atoms. The van der Waals surface area contributed by atoms with Crippen LogP contribution in [0.1, 0.15) is 12.6 Å². The Labute approximate surface area is 113 Å². The quantitative estimate of drug-likeness (QED) is 0.777. The van der Waals surface area contributed by atoms with Gasteiger partial charge < -0.3 is 4.90 Å². The van der Waals surface area contributed by atoms with Crippen molar-refractivity contribution in [3.05, 3.63) is 23.9 Å². The highest BCUT2D eigenvalue weighted by Crippen LogP contribution is 2.29. The highest BCUT2D eigenvalue weighted by atomic mass is 19.4. The van der Waals surface area contributed by atoms with E-state index in [9.17, 15) is 18.0 Å². The van der Waals surface area contributed by atoms with E-state index in [-0.39, 0.29) is 25.0 Å². The molecule has 0 spiro atoms. The van der Waals surface area contributed by atoms with E-state index in [1.54, 1.807) is 6.92 Å². The first kappa shape index (κ1) is 14.6. The molecule has 0 unspecified atom stereocenters. The number of hydrogen-bond donors (Lipinski definition) is 0. The normalized spacial score (nSPS) is 20.7. The Bertz CT molecular complexity index is 481. The molecule has 110 valence electrons. The van der Waals surface area contributed by atoms with Gasteiger partial charge in [0.1, 0.15) is 5.69 Å². The number of rotatable bonds is 2. The van der Waals surface area contributed by atoms with Crippen LogP contribution in [0.4, 0.5) is 19.0 Å². The molecular formula is C12H14F3N3O2. The van der Waals surface area contributed by atoms with Gasteiger partial charge in [-0.1, -0.05) is 6.07 Å². The molecule has 5 nitrogen and oxygen atoms in total. The van der Waals surface area contributed by atoms with E-state index in [0.29, 0.717) is 13.0 Å². The molecule has 0 aliphatic carbocycles. The minimum atomic E-state index is -4.50. The van der Waals surface area contributed by atoms with Crippen molar-refractivity contribution in [3.63, 3.8) is 0 Å². The first-order chi connectivity index (χ1) is 9.41. The molecule has 1 saturated heterocycles. The van der Waals surface area contributed by atoms with Gasteiger partial charge in [0.2, 0.25) is 6.41 Å². The Morgan fingerprint density at radius 1 is 1.40 bits per heavy atom. The van der Waals surface area contributed by atoms with E-state index in [4.69, 9.17) is 4.84 Å². The molecule has 2 heterocycles. The zero-order chi connectivity index (χ0) is 14.8. The number of pyridine rings is 1. The van der Waals surface area contributed by atoms with Crippen LogP contribution in [-0.4, -0.2) is 42.0 Å². The third-order valence-electron chi connectivity index (χ3n) is 3.01. The van der Waals surface area contributed by atoms with E-state index in [1.165, 1.54) is 22.1 Å². The van der Waals surface area contributed by atoms with Crippen molar-refractivity contribution in [2.75, 3.05) is 24.8 Å². The van der Waals surface area contributed by atoms with Gasteiger partial charge in [0.15, 0.2) is 5.82 Å². The molecule has 8 heteroatoms. The smallest absolute Gasteiger partial charge is 0.338 e. The standard InChI is InChI=1S/C12H14F3N3O2/c1-9-7-20-18(6-5-17(9)8-19)11-4-2-3-10(16-11)12(13,14)15/h2-4,8-9H,5-7H2,1H3/t9-/m1/s1. The van der Waals surface area contributed by atoms with Crippen LogP contribution in [0.15, 0.2) is 18.2 Å². The Morgan fingerprint density at radius 3 is 2.80 bits per heavy atom. The first-order valence-electron chi connectivity index (χ1n) is 6.07. The van der Waals surface area contributed by atoms with Crippen LogP contribution in [-0.2, 0) is 15.8 Å². The Hall–Kier alpha value is -1.83. The molecule has 0 aromatic carbocycles. The summed E-state index contributed by atoms with van der Waals surface area (Å²) >= 11 is 0. The highest BCUT2D eigenvalue weighted by Gasteiger charge is 2.33. The fraction of sp³-hybridized carbons (Fsp3) is 0.500. The Balaban J connectivity index is 2.18. The molecule has 1 amide bonds. The zero-order valence-corrected chi connectivity index (χ0v) is 10.8. The Kier molecular flexibility index (Phi) is 4.12. The number of halogens is 3. The fourth-order valence-electron chi connectivity index (χ4n) is 1.84. The van der Waals surface area contributed by atoms with Crippen LogP contribution in [0.25, 0.3) is 0 Å². The molecule has 1 aromatic rings. The van der Waals surface area contributed by atoms with Gasteiger partial charge in [-0.3, -0.25) is 9.63 Å². The maximum atomic E-state index is 12.6. The number of hydroxylamine groups is 1. The summed E-state index contributed by atoms with van der Waals surface area (Å²) in [6.45, 7) is 2.63. The molecule has 0 radical (unpaired) electrons. The third kappa shape index (κ3) is 3.19. The number of aromatic nitrogens is 1. The molecule has 0 bridgehead atoms. The van der Waals surface area contributed by atoms with Crippen molar-refractivity contribution in [1.82, 2.24) is 9.88 Å². The number of carbonyl (C=O) groups excluding carboxylic acids is 1. The lowest BCUT2D eigenvalue weighted by Crippen LogP contribution is -2.34. The number of amides is 1. The monoisotopic (exact) mass is 289 g/mol. The summed E-state index contributed by atoms with van der Waals surface area (Å²) in [5.74, 6) is 0.0831. The van der Waals surface area contributed by atoms with Gasteiger partial charge in [-0.15, -0.1) is 0 Å². The summed E-state index contributed by atoms with van der Waals surface area (Å²) in [7, 11) is 0. The van der Waals surface area contributed by atoms with Crippen LogP contribution < -0.4 is 5.06 Å². The van der Waals surface area contributed by atoms with Crippen LogP contribution in [0.5, 0.6) is 0 Å². The van der Waals surface area contributed by atoms with Gasteiger partial charge in [-0.05, 0) is 19.1 Å². The predicted molar refractivity (Wildman–Crippen MR) is 64.8 cm³/mol. The maximum Gasteiger partial charge on any atom is 0.433 e. The van der Waals surface area contributed by atoms with E-state index in [0.717, 1.165) is 6.07 Å². The average molecular weight is 289 g/mol. The molecular weight excluding hydrogens is 275 g/mol. The summed E-state index contributed by atoms with van der Waals surface area (Å²) in [4.78, 5) is 21.3. The summed E-state index contributed by atoms with van der Waals surface area (Å²) in [6.07, 6.45) is -3.79. The molecule has 1 fully saturated rings. The molecule has 1 aliphatic rings. The lowest BCUT2D eigenvalue weighted by atomic mass is 10.3. The van der Waals surface area contributed by atoms with Crippen molar-refractivity contribution in [2.45, 2.75) is 19.1 Å². The van der Waals surface area contributed by atoms with Gasteiger partial charge >= 0.3 is 6.18 Å². The lowest BCUT2D eigenvalue weighted by molar-refractivity contribution is -0.141. The largest absolute Gasteiger partial charge is 0.433 e. The average Bonchev–Trinajstić information content (AvgIpc) is 2.60. The number of nitrogens with zero attached hydrogens (tertiary/aromatic N) is 3. The van der Waals surface area contributed by atoms with Crippen molar-refractivity contribution in [3.8, 4) is 0 Å². The summed E-state index contributed by atoms with van der Waals surface area (Å²) < 4.78 is 37.9. The third-order valence-corrected chi connectivity index (χ3v) is 3.01. The van der Waals surface area contributed by atoms with Crippen LogP contribution in [0.3, 0.4) is 0 Å². The fourth-order valence-corrected chi connectivity index (χ4v) is 1.84. The lowest BCUT2D eigenvalue weighted by Gasteiger charge is -2.20. The zero-order valence-electron chi connectivity index (χ0n) is 10.8. The second-order valence-corrected chi connectivity index (χ2v) is 4.47. The van der Waals surface area contributed by atoms with Crippen LogP contribution in [0, 0.1) is 0 Å². The molecule has 1 aliphatic heterocycles. The number of alkyl halides is 3. The number of hydrogen-bond acceptors (Lipinski definition) is 4. The van der Waals surface area contributed by atoms with Gasteiger partial charge in [-0.2, -0.15) is 13.2 Å². The topological polar surface area (TPSA) is 45.7 Å². The summed E-state index contributed by atoms with van der Waals surface area (Å²) in [5.41, 5.74) is -0.969. The van der Waals surface area contributed by atoms with Gasteiger partial charge in [0, 0.05) is 6.54 Å². The summed E-state index contributed by atoms with van der Waals surface area (Å²) in [6, 6.07) is 3.49. The second-order valence-electron chi connectivity index (χ2n) is 4.47. The first-order valence-corrected chi connectivity index (χ1v) is 6.07. The van der Waals surface area contributed by atoms with Gasteiger partial charge in [0.25, 0.3) is 0 Å². The molecule has 1 atom stereocenters. The number of carbonyl (C=O) groups is 1. The summed E-state index contributed by atoms with van der Waals surface area (Å²) in [5, 5.41) is 1.29. The van der Waals surface area contributed by atoms with E-state index < -0.39 is 11.9 Å². The van der Waals surface area contributed by atoms with E-state index in [2.05, 4.69) is 4.98 Å². The number of anilines is 1. The molecule has 0 saturated carbocycles. The Morgan fingerprint density at radius 2 is 2.15 bits per heavy atom.